The molecule has 2 aromatic rings. The quantitative estimate of drug-likeness (QED) is 0.823. The molecule has 1 aliphatic carbocycles. The van der Waals surface area contributed by atoms with Gasteiger partial charge in [0.05, 0.1) is 30.2 Å². The second-order valence-corrected chi connectivity index (χ2v) is 6.56. The van der Waals surface area contributed by atoms with Crippen LogP contribution >= 0.6 is 12.2 Å². The lowest BCUT2D eigenvalue weighted by Crippen LogP contribution is -2.49. The van der Waals surface area contributed by atoms with Gasteiger partial charge in [0.25, 0.3) is 11.5 Å². The molecule has 1 saturated heterocycles. The SMILES string of the molecule is O=C(c1ccc2c(=O)[nH]c(=S)[nH]c2c1)N1CCOC[C@@H]1C1CC1. The normalized spacial score (nSPS) is 21.6. The van der Waals surface area contributed by atoms with Crippen molar-refractivity contribution in [2.75, 3.05) is 19.8 Å². The Morgan fingerprint density at radius 3 is 2.91 bits per heavy atom. The molecule has 0 unspecified atom stereocenters. The largest absolute Gasteiger partial charge is 0.377 e. The van der Waals surface area contributed by atoms with Crippen LogP contribution in [0.1, 0.15) is 23.2 Å². The van der Waals surface area contributed by atoms with Crippen LogP contribution < -0.4 is 5.56 Å². The van der Waals surface area contributed by atoms with Crippen LogP contribution in [0, 0.1) is 10.7 Å². The van der Waals surface area contributed by atoms with Crippen LogP contribution in [0.5, 0.6) is 0 Å². The minimum Gasteiger partial charge on any atom is -0.377 e. The van der Waals surface area contributed by atoms with Gasteiger partial charge in [-0.3, -0.25) is 14.6 Å². The summed E-state index contributed by atoms with van der Waals surface area (Å²) in [5.74, 6) is 0.556. The molecule has 23 heavy (non-hydrogen) atoms. The molecular formula is C16H17N3O3S. The lowest BCUT2D eigenvalue weighted by molar-refractivity contribution is -0.00833. The fourth-order valence-electron chi connectivity index (χ4n) is 3.22. The number of carbonyl (C=O) groups is 1. The van der Waals surface area contributed by atoms with Crippen molar-refractivity contribution in [2.24, 2.45) is 5.92 Å². The Hall–Kier alpha value is -1.99. The smallest absolute Gasteiger partial charge is 0.259 e. The van der Waals surface area contributed by atoms with Crippen LogP contribution in [0.4, 0.5) is 0 Å². The lowest BCUT2D eigenvalue weighted by atomic mass is 10.1. The van der Waals surface area contributed by atoms with E-state index >= 15 is 0 Å². The fourth-order valence-corrected chi connectivity index (χ4v) is 3.42. The summed E-state index contributed by atoms with van der Waals surface area (Å²) >= 11 is 5.00. The van der Waals surface area contributed by atoms with Gasteiger partial charge in [0.1, 0.15) is 0 Å². The predicted molar refractivity (Wildman–Crippen MR) is 88.1 cm³/mol. The lowest BCUT2D eigenvalue weighted by Gasteiger charge is -2.36. The molecule has 7 heteroatoms. The maximum absolute atomic E-state index is 12.9. The number of morpholine rings is 1. The van der Waals surface area contributed by atoms with Gasteiger partial charge in [-0.1, -0.05) is 0 Å². The zero-order valence-corrected chi connectivity index (χ0v) is 13.3. The number of aromatic nitrogens is 2. The van der Waals surface area contributed by atoms with Crippen LogP contribution in [-0.4, -0.2) is 46.6 Å². The highest BCUT2D eigenvalue weighted by atomic mass is 32.1. The van der Waals surface area contributed by atoms with Crippen LogP contribution in [-0.2, 0) is 4.74 Å². The van der Waals surface area contributed by atoms with Gasteiger partial charge in [0, 0.05) is 12.1 Å². The number of hydrogen-bond donors (Lipinski definition) is 2. The number of amides is 1. The summed E-state index contributed by atoms with van der Waals surface area (Å²) in [6.07, 6.45) is 2.33. The maximum atomic E-state index is 12.9. The van der Waals surface area contributed by atoms with Gasteiger partial charge in [0.2, 0.25) is 0 Å². The van der Waals surface area contributed by atoms with Crippen molar-refractivity contribution in [3.05, 3.63) is 38.9 Å². The molecule has 4 rings (SSSR count). The van der Waals surface area contributed by atoms with E-state index in [0.29, 0.717) is 42.1 Å². The Morgan fingerprint density at radius 1 is 1.30 bits per heavy atom. The second-order valence-electron chi connectivity index (χ2n) is 6.15. The Kier molecular flexibility index (Phi) is 3.54. The van der Waals surface area contributed by atoms with E-state index < -0.39 is 0 Å². The summed E-state index contributed by atoms with van der Waals surface area (Å²) in [5, 5.41) is 0.496. The van der Waals surface area contributed by atoms with Gasteiger partial charge in [0.15, 0.2) is 4.77 Å². The van der Waals surface area contributed by atoms with Gasteiger partial charge in [-0.25, -0.2) is 0 Å². The molecule has 0 bridgehead atoms. The molecule has 2 heterocycles. The van der Waals surface area contributed by atoms with E-state index in [4.69, 9.17) is 17.0 Å². The van der Waals surface area contributed by atoms with Crippen molar-refractivity contribution >= 4 is 29.0 Å². The van der Waals surface area contributed by atoms with Gasteiger partial charge in [-0.05, 0) is 49.2 Å². The number of H-pyrrole nitrogens is 2. The minimum atomic E-state index is -0.245. The van der Waals surface area contributed by atoms with Crippen molar-refractivity contribution in [3.63, 3.8) is 0 Å². The van der Waals surface area contributed by atoms with Crippen LogP contribution in [0.3, 0.4) is 0 Å². The Balaban J connectivity index is 1.71. The Labute approximate surface area is 137 Å². The number of fused-ring (bicyclic) bond motifs is 1. The molecule has 1 aromatic carbocycles. The van der Waals surface area contributed by atoms with Crippen molar-refractivity contribution < 1.29 is 9.53 Å². The van der Waals surface area contributed by atoms with E-state index in [1.807, 2.05) is 4.90 Å². The average molecular weight is 331 g/mol. The summed E-state index contributed by atoms with van der Waals surface area (Å²) in [4.78, 5) is 32.2. The third-order valence-electron chi connectivity index (χ3n) is 4.58. The molecular weight excluding hydrogens is 314 g/mol. The molecule has 2 aliphatic rings. The third-order valence-corrected chi connectivity index (χ3v) is 4.78. The van der Waals surface area contributed by atoms with E-state index in [0.717, 1.165) is 12.8 Å². The molecule has 0 spiro atoms. The van der Waals surface area contributed by atoms with Crippen molar-refractivity contribution in [2.45, 2.75) is 18.9 Å². The summed E-state index contributed by atoms with van der Waals surface area (Å²) in [6.45, 7) is 1.81. The molecule has 1 aromatic heterocycles. The Morgan fingerprint density at radius 2 is 2.13 bits per heavy atom. The number of benzene rings is 1. The van der Waals surface area contributed by atoms with Crippen molar-refractivity contribution in [3.8, 4) is 0 Å². The first kappa shape index (κ1) is 14.6. The number of nitrogens with zero attached hydrogens (tertiary/aromatic N) is 1. The molecule has 1 aliphatic heterocycles. The zero-order valence-electron chi connectivity index (χ0n) is 12.5. The number of ether oxygens (including phenoxy) is 1. The highest BCUT2D eigenvalue weighted by Crippen LogP contribution is 2.37. The van der Waals surface area contributed by atoms with Gasteiger partial charge >= 0.3 is 0 Å². The molecule has 6 nitrogen and oxygen atoms in total. The monoisotopic (exact) mass is 331 g/mol. The second kappa shape index (κ2) is 5.58. The summed E-state index contributed by atoms with van der Waals surface area (Å²) in [5.41, 5.74) is 0.909. The molecule has 0 radical (unpaired) electrons. The molecule has 1 saturated carbocycles. The first-order valence-corrected chi connectivity index (χ1v) is 8.19. The van der Waals surface area contributed by atoms with Crippen LogP contribution in [0.2, 0.25) is 0 Å². The van der Waals surface area contributed by atoms with E-state index in [9.17, 15) is 9.59 Å². The minimum absolute atomic E-state index is 0.00769. The zero-order chi connectivity index (χ0) is 16.0. The fraction of sp³-hybridized carbons (Fsp3) is 0.438. The van der Waals surface area contributed by atoms with E-state index in [2.05, 4.69) is 9.97 Å². The van der Waals surface area contributed by atoms with Gasteiger partial charge in [-0.15, -0.1) is 0 Å². The average Bonchev–Trinajstić information content (AvgIpc) is 3.38. The molecule has 1 amide bonds. The van der Waals surface area contributed by atoms with Crippen molar-refractivity contribution in [1.29, 1.82) is 0 Å². The van der Waals surface area contributed by atoms with Crippen LogP contribution in [0.25, 0.3) is 10.9 Å². The highest BCUT2D eigenvalue weighted by Gasteiger charge is 2.39. The van der Waals surface area contributed by atoms with E-state index in [1.165, 1.54) is 0 Å². The van der Waals surface area contributed by atoms with E-state index in [-0.39, 0.29) is 22.3 Å². The third kappa shape index (κ3) is 2.70. The number of rotatable bonds is 2. The van der Waals surface area contributed by atoms with Crippen molar-refractivity contribution in [1.82, 2.24) is 14.9 Å². The Bertz CT molecular complexity index is 884. The highest BCUT2D eigenvalue weighted by molar-refractivity contribution is 7.71. The molecule has 1 atom stereocenters. The summed E-state index contributed by atoms with van der Waals surface area (Å²) in [7, 11) is 0. The first-order valence-electron chi connectivity index (χ1n) is 7.78. The molecule has 2 fully saturated rings. The number of aromatic amines is 2. The maximum Gasteiger partial charge on any atom is 0.259 e. The van der Waals surface area contributed by atoms with Crippen LogP contribution in [0.15, 0.2) is 23.0 Å². The predicted octanol–water partition coefficient (Wildman–Crippen LogP) is 1.84. The van der Waals surface area contributed by atoms with Gasteiger partial charge in [-0.2, -0.15) is 0 Å². The van der Waals surface area contributed by atoms with Gasteiger partial charge < -0.3 is 14.6 Å². The molecule has 2 N–H and O–H groups in total. The van der Waals surface area contributed by atoms with E-state index in [1.54, 1.807) is 18.2 Å². The summed E-state index contributed by atoms with van der Waals surface area (Å²) in [6, 6.07) is 5.25. The number of hydrogen-bond acceptors (Lipinski definition) is 4. The number of nitrogens with one attached hydrogen (secondary N) is 2. The topological polar surface area (TPSA) is 78.2 Å². The first-order chi connectivity index (χ1) is 11.1. The molecule has 120 valence electrons. The standard InChI is InChI=1S/C16H17N3O3S/c20-14-11-4-3-10(7-12(11)17-16(23)18-14)15(21)19-5-6-22-8-13(19)9-1-2-9/h3-4,7,9,13H,1-2,5-6,8H2,(H2,17,18,20,23)/t13-/m1/s1. The summed E-state index contributed by atoms with van der Waals surface area (Å²) < 4.78 is 5.80. The number of carbonyl (C=O) groups excluding carboxylic acids is 1.